The summed E-state index contributed by atoms with van der Waals surface area (Å²) in [5.41, 5.74) is 2.92. The Balaban J connectivity index is 2.02. The van der Waals surface area contributed by atoms with E-state index in [9.17, 15) is 0 Å². The second-order valence-corrected chi connectivity index (χ2v) is 6.12. The highest BCUT2D eigenvalue weighted by Crippen LogP contribution is 2.31. The highest BCUT2D eigenvalue weighted by molar-refractivity contribution is 5.52. The lowest BCUT2D eigenvalue weighted by Crippen LogP contribution is -2.44. The van der Waals surface area contributed by atoms with Crippen molar-refractivity contribution in [3.05, 3.63) is 29.8 Å². The van der Waals surface area contributed by atoms with Crippen LogP contribution in [0.2, 0.25) is 0 Å². The zero-order valence-electron chi connectivity index (χ0n) is 13.1. The molecule has 0 aliphatic carbocycles. The van der Waals surface area contributed by atoms with E-state index in [4.69, 9.17) is 4.74 Å². The fourth-order valence-corrected chi connectivity index (χ4v) is 3.08. The molecule has 0 bridgehead atoms. The molecule has 0 amide bonds. The molecule has 0 saturated carbocycles. The van der Waals surface area contributed by atoms with Gasteiger partial charge in [0.15, 0.2) is 0 Å². The Kier molecular flexibility index (Phi) is 5.44. The molecule has 0 spiro atoms. The Hall–Kier alpha value is -1.06. The topological polar surface area (TPSA) is 24.5 Å². The molecule has 112 valence electrons. The van der Waals surface area contributed by atoms with Gasteiger partial charge in [0.2, 0.25) is 0 Å². The molecule has 20 heavy (non-hydrogen) atoms. The predicted octanol–water partition coefficient (Wildman–Crippen LogP) is 2.84. The van der Waals surface area contributed by atoms with Gasteiger partial charge in [-0.05, 0) is 37.9 Å². The van der Waals surface area contributed by atoms with Gasteiger partial charge < -0.3 is 15.0 Å². The first-order valence-corrected chi connectivity index (χ1v) is 7.72. The minimum Gasteiger partial charge on any atom is -0.381 e. The van der Waals surface area contributed by atoms with Crippen LogP contribution in [0.5, 0.6) is 0 Å². The van der Waals surface area contributed by atoms with Crippen molar-refractivity contribution in [2.75, 3.05) is 44.8 Å². The first kappa shape index (κ1) is 15.3. The van der Waals surface area contributed by atoms with E-state index < -0.39 is 0 Å². The summed E-state index contributed by atoms with van der Waals surface area (Å²) in [6.07, 6.45) is 2.34. The molecular formula is C17H28N2O. The van der Waals surface area contributed by atoms with Crippen molar-refractivity contribution in [1.82, 2.24) is 5.32 Å². The lowest BCUT2D eigenvalue weighted by Gasteiger charge is -2.34. The van der Waals surface area contributed by atoms with Gasteiger partial charge in [0, 0.05) is 37.8 Å². The number of ether oxygens (including phenoxy) is 1. The van der Waals surface area contributed by atoms with Gasteiger partial charge in [-0.1, -0.05) is 25.1 Å². The average Bonchev–Trinajstić information content (AvgIpc) is 2.88. The summed E-state index contributed by atoms with van der Waals surface area (Å²) in [7, 11) is 2.20. The zero-order chi connectivity index (χ0) is 14.4. The Morgan fingerprint density at radius 3 is 2.80 bits per heavy atom. The van der Waals surface area contributed by atoms with Crippen LogP contribution < -0.4 is 10.2 Å². The maximum Gasteiger partial charge on any atom is 0.0552 e. The highest BCUT2D eigenvalue weighted by atomic mass is 16.5. The Labute approximate surface area is 123 Å². The number of hydrogen-bond acceptors (Lipinski definition) is 3. The van der Waals surface area contributed by atoms with E-state index in [2.05, 4.69) is 55.4 Å². The van der Waals surface area contributed by atoms with Gasteiger partial charge in [-0.3, -0.25) is 0 Å². The standard InChI is InChI=1S/C17H28N2O/c1-4-10-18-12-17(9-11-20-14-17)13-19(3)16-8-6-5-7-15(16)2/h5-8,18H,4,9-14H2,1-3H3. The third kappa shape index (κ3) is 3.74. The smallest absolute Gasteiger partial charge is 0.0552 e. The largest absolute Gasteiger partial charge is 0.381 e. The summed E-state index contributed by atoms with van der Waals surface area (Å²) in [4.78, 5) is 2.39. The van der Waals surface area contributed by atoms with E-state index in [1.165, 1.54) is 17.7 Å². The van der Waals surface area contributed by atoms with Crippen LogP contribution in [-0.4, -0.2) is 39.9 Å². The summed E-state index contributed by atoms with van der Waals surface area (Å²) in [6.45, 7) is 9.36. The van der Waals surface area contributed by atoms with Gasteiger partial charge in [-0.25, -0.2) is 0 Å². The van der Waals surface area contributed by atoms with Crippen LogP contribution in [0.1, 0.15) is 25.3 Å². The van der Waals surface area contributed by atoms with E-state index in [1.807, 2.05) is 0 Å². The van der Waals surface area contributed by atoms with Crippen LogP contribution in [0.3, 0.4) is 0 Å². The molecule has 1 aliphatic rings. The second kappa shape index (κ2) is 7.09. The summed E-state index contributed by atoms with van der Waals surface area (Å²) < 4.78 is 5.69. The summed E-state index contributed by atoms with van der Waals surface area (Å²) in [5.74, 6) is 0. The number of para-hydroxylation sites is 1. The maximum absolute atomic E-state index is 5.69. The van der Waals surface area contributed by atoms with Crippen molar-refractivity contribution in [3.8, 4) is 0 Å². The van der Waals surface area contributed by atoms with Crippen molar-refractivity contribution in [1.29, 1.82) is 0 Å². The second-order valence-electron chi connectivity index (χ2n) is 6.12. The molecular weight excluding hydrogens is 248 g/mol. The zero-order valence-corrected chi connectivity index (χ0v) is 13.1. The van der Waals surface area contributed by atoms with Crippen LogP contribution in [-0.2, 0) is 4.74 Å². The number of nitrogens with zero attached hydrogens (tertiary/aromatic N) is 1. The van der Waals surface area contributed by atoms with Crippen molar-refractivity contribution in [2.24, 2.45) is 5.41 Å². The van der Waals surface area contributed by atoms with E-state index in [0.29, 0.717) is 0 Å². The minimum absolute atomic E-state index is 0.256. The third-order valence-electron chi connectivity index (χ3n) is 4.21. The van der Waals surface area contributed by atoms with Crippen LogP contribution in [0.4, 0.5) is 5.69 Å². The number of benzene rings is 1. The monoisotopic (exact) mass is 276 g/mol. The number of anilines is 1. The molecule has 0 aromatic heterocycles. The van der Waals surface area contributed by atoms with Gasteiger partial charge >= 0.3 is 0 Å². The quantitative estimate of drug-likeness (QED) is 0.775. The molecule has 1 atom stereocenters. The van der Waals surface area contributed by atoms with E-state index >= 15 is 0 Å². The molecule has 1 aromatic rings. The van der Waals surface area contributed by atoms with Crippen molar-refractivity contribution in [3.63, 3.8) is 0 Å². The van der Waals surface area contributed by atoms with E-state index in [1.54, 1.807) is 0 Å². The van der Waals surface area contributed by atoms with Crippen LogP contribution in [0.25, 0.3) is 0 Å². The Bertz CT molecular complexity index is 413. The summed E-state index contributed by atoms with van der Waals surface area (Å²) in [5, 5.41) is 3.58. The van der Waals surface area contributed by atoms with E-state index in [-0.39, 0.29) is 5.41 Å². The lowest BCUT2D eigenvalue weighted by molar-refractivity contribution is 0.152. The van der Waals surface area contributed by atoms with Crippen LogP contribution in [0, 0.1) is 12.3 Å². The third-order valence-corrected chi connectivity index (χ3v) is 4.21. The average molecular weight is 276 g/mol. The molecule has 1 unspecified atom stereocenters. The summed E-state index contributed by atoms with van der Waals surface area (Å²) in [6, 6.07) is 8.60. The predicted molar refractivity (Wildman–Crippen MR) is 85.5 cm³/mol. The maximum atomic E-state index is 5.69. The van der Waals surface area contributed by atoms with Crippen LogP contribution in [0.15, 0.2) is 24.3 Å². The van der Waals surface area contributed by atoms with Gasteiger partial charge in [-0.2, -0.15) is 0 Å². The molecule has 3 heteroatoms. The van der Waals surface area contributed by atoms with E-state index in [0.717, 1.165) is 39.3 Å². The molecule has 0 radical (unpaired) electrons. The highest BCUT2D eigenvalue weighted by Gasteiger charge is 2.35. The van der Waals surface area contributed by atoms with Crippen molar-refractivity contribution < 1.29 is 4.74 Å². The van der Waals surface area contributed by atoms with Gasteiger partial charge in [0.05, 0.1) is 6.61 Å². The molecule has 1 heterocycles. The molecule has 3 nitrogen and oxygen atoms in total. The molecule has 1 aromatic carbocycles. The minimum atomic E-state index is 0.256. The van der Waals surface area contributed by atoms with Crippen molar-refractivity contribution >= 4 is 5.69 Å². The normalized spacial score (nSPS) is 22.1. The Morgan fingerprint density at radius 2 is 2.15 bits per heavy atom. The van der Waals surface area contributed by atoms with Gasteiger partial charge in [0.1, 0.15) is 0 Å². The fraction of sp³-hybridized carbons (Fsp3) is 0.647. The molecule has 1 saturated heterocycles. The van der Waals surface area contributed by atoms with Crippen molar-refractivity contribution in [2.45, 2.75) is 26.7 Å². The number of rotatable bonds is 7. The number of hydrogen-bond donors (Lipinski definition) is 1. The molecule has 1 aliphatic heterocycles. The molecule has 1 N–H and O–H groups in total. The first-order valence-electron chi connectivity index (χ1n) is 7.72. The molecule has 2 rings (SSSR count). The lowest BCUT2D eigenvalue weighted by atomic mass is 9.86. The summed E-state index contributed by atoms with van der Waals surface area (Å²) >= 11 is 0. The fourth-order valence-electron chi connectivity index (χ4n) is 3.08. The Morgan fingerprint density at radius 1 is 1.35 bits per heavy atom. The number of aryl methyl sites for hydroxylation is 1. The molecule has 1 fully saturated rings. The SMILES string of the molecule is CCCNCC1(CN(C)c2ccccc2C)CCOC1. The van der Waals surface area contributed by atoms with Crippen LogP contribution >= 0.6 is 0 Å². The van der Waals surface area contributed by atoms with Gasteiger partial charge in [0.25, 0.3) is 0 Å². The first-order chi connectivity index (χ1) is 9.67. The van der Waals surface area contributed by atoms with Gasteiger partial charge in [-0.15, -0.1) is 0 Å². The number of nitrogens with one attached hydrogen (secondary N) is 1.